The van der Waals surface area contributed by atoms with E-state index in [1.165, 1.54) is 12.1 Å². The van der Waals surface area contributed by atoms with Gasteiger partial charge in [-0.1, -0.05) is 12.1 Å². The van der Waals surface area contributed by atoms with E-state index in [0.29, 0.717) is 12.5 Å². The molecule has 0 radical (unpaired) electrons. The number of hydrogen-bond acceptors (Lipinski definition) is 6. The van der Waals surface area contributed by atoms with Gasteiger partial charge in [0.25, 0.3) is 0 Å². The van der Waals surface area contributed by atoms with Crippen molar-refractivity contribution in [1.82, 2.24) is 20.1 Å². The molecule has 2 heterocycles. The summed E-state index contributed by atoms with van der Waals surface area (Å²) in [7, 11) is 2.12. The van der Waals surface area contributed by atoms with Gasteiger partial charge in [-0.25, -0.2) is 4.39 Å². The molecule has 0 bridgehead atoms. The lowest BCUT2D eigenvalue weighted by Gasteiger charge is -2.32. The molecule has 0 saturated carbocycles. The maximum Gasteiger partial charge on any atom is 0.244 e. The van der Waals surface area contributed by atoms with Gasteiger partial charge < -0.3 is 15.1 Å². The summed E-state index contributed by atoms with van der Waals surface area (Å²) in [6.45, 7) is 4.44. The zero-order valence-electron chi connectivity index (χ0n) is 12.5. The number of piperazine rings is 1. The van der Waals surface area contributed by atoms with Crippen molar-refractivity contribution in [3.05, 3.63) is 41.8 Å². The number of nitrogens with zero attached hydrogens (tertiary/aromatic N) is 5. The smallest absolute Gasteiger partial charge is 0.244 e. The maximum atomic E-state index is 12.9. The Morgan fingerprint density at radius 1 is 1.14 bits per heavy atom. The Morgan fingerprint density at radius 2 is 1.86 bits per heavy atom. The zero-order valence-corrected chi connectivity index (χ0v) is 12.5. The first-order valence-corrected chi connectivity index (χ1v) is 7.32. The molecule has 116 valence electrons. The molecular formula is C15H19FN6. The van der Waals surface area contributed by atoms with Crippen LogP contribution < -0.4 is 10.2 Å². The van der Waals surface area contributed by atoms with Gasteiger partial charge in [0.15, 0.2) is 5.82 Å². The molecule has 1 fully saturated rings. The van der Waals surface area contributed by atoms with Crippen molar-refractivity contribution in [2.75, 3.05) is 43.4 Å². The lowest BCUT2D eigenvalue weighted by atomic mass is 10.2. The van der Waals surface area contributed by atoms with E-state index in [9.17, 15) is 4.39 Å². The van der Waals surface area contributed by atoms with Crippen molar-refractivity contribution >= 4 is 11.8 Å². The molecule has 0 aliphatic carbocycles. The maximum absolute atomic E-state index is 12.9. The van der Waals surface area contributed by atoms with Gasteiger partial charge in [-0.15, -0.1) is 5.10 Å². The zero-order chi connectivity index (χ0) is 15.4. The molecule has 6 nitrogen and oxygen atoms in total. The fourth-order valence-corrected chi connectivity index (χ4v) is 2.34. The SMILES string of the molecule is CN1CCN(c2cnnc(NCc3ccc(F)cc3)n2)CC1. The van der Waals surface area contributed by atoms with Crippen LogP contribution in [0.1, 0.15) is 5.56 Å². The van der Waals surface area contributed by atoms with Crippen LogP contribution >= 0.6 is 0 Å². The second-order valence-corrected chi connectivity index (χ2v) is 5.41. The first-order valence-electron chi connectivity index (χ1n) is 7.32. The van der Waals surface area contributed by atoms with Gasteiger partial charge in [0, 0.05) is 32.7 Å². The van der Waals surface area contributed by atoms with Crippen LogP contribution in [0.15, 0.2) is 30.5 Å². The number of anilines is 2. The van der Waals surface area contributed by atoms with Crippen LogP contribution in [-0.2, 0) is 6.54 Å². The number of likely N-dealkylation sites (N-methyl/N-ethyl adjacent to an activating group) is 1. The highest BCUT2D eigenvalue weighted by molar-refractivity contribution is 5.41. The minimum absolute atomic E-state index is 0.237. The number of halogens is 1. The van der Waals surface area contributed by atoms with Gasteiger partial charge in [0.05, 0.1) is 6.20 Å². The minimum atomic E-state index is -0.237. The third kappa shape index (κ3) is 3.67. The van der Waals surface area contributed by atoms with E-state index in [1.54, 1.807) is 18.3 Å². The lowest BCUT2D eigenvalue weighted by Crippen LogP contribution is -2.44. The Balaban J connectivity index is 1.62. The average molecular weight is 302 g/mol. The predicted molar refractivity (Wildman–Crippen MR) is 83.3 cm³/mol. The molecule has 1 aromatic carbocycles. The molecule has 2 aromatic rings. The first-order chi connectivity index (χ1) is 10.7. The monoisotopic (exact) mass is 302 g/mol. The minimum Gasteiger partial charge on any atom is -0.353 e. The average Bonchev–Trinajstić information content (AvgIpc) is 2.55. The van der Waals surface area contributed by atoms with Crippen LogP contribution in [0.4, 0.5) is 16.2 Å². The summed E-state index contributed by atoms with van der Waals surface area (Å²) >= 11 is 0. The molecule has 22 heavy (non-hydrogen) atoms. The molecule has 0 amide bonds. The molecule has 1 aliphatic rings. The molecule has 0 unspecified atom stereocenters. The number of benzene rings is 1. The van der Waals surface area contributed by atoms with E-state index in [0.717, 1.165) is 37.6 Å². The highest BCUT2D eigenvalue weighted by Crippen LogP contribution is 2.13. The van der Waals surface area contributed by atoms with Gasteiger partial charge in [-0.05, 0) is 24.7 Å². The Morgan fingerprint density at radius 3 is 2.59 bits per heavy atom. The second kappa shape index (κ2) is 6.65. The molecular weight excluding hydrogens is 283 g/mol. The third-order valence-corrected chi connectivity index (χ3v) is 3.74. The van der Waals surface area contributed by atoms with E-state index >= 15 is 0 Å². The van der Waals surface area contributed by atoms with Gasteiger partial charge >= 0.3 is 0 Å². The fourth-order valence-electron chi connectivity index (χ4n) is 2.34. The molecule has 3 rings (SSSR count). The van der Waals surface area contributed by atoms with Crippen molar-refractivity contribution in [1.29, 1.82) is 0 Å². The van der Waals surface area contributed by atoms with Crippen LogP contribution in [0, 0.1) is 5.82 Å². The molecule has 7 heteroatoms. The lowest BCUT2D eigenvalue weighted by molar-refractivity contribution is 0.312. The van der Waals surface area contributed by atoms with Gasteiger partial charge in [-0.2, -0.15) is 10.1 Å². The molecule has 0 atom stereocenters. The standard InChI is InChI=1S/C15H19FN6/c1-21-6-8-22(9-7-21)14-11-18-20-15(19-14)17-10-12-2-4-13(16)5-3-12/h2-5,11H,6-10H2,1H3,(H,17,19,20). The van der Waals surface area contributed by atoms with E-state index in [1.807, 2.05) is 0 Å². The van der Waals surface area contributed by atoms with Gasteiger partial charge in [-0.3, -0.25) is 0 Å². The molecule has 1 saturated heterocycles. The summed E-state index contributed by atoms with van der Waals surface area (Å²) in [5.41, 5.74) is 0.968. The van der Waals surface area contributed by atoms with E-state index in [2.05, 4.69) is 37.3 Å². The Bertz CT molecular complexity index is 610. The normalized spacial score (nSPS) is 15.8. The Hall–Kier alpha value is -2.28. The largest absolute Gasteiger partial charge is 0.353 e. The summed E-state index contributed by atoms with van der Waals surface area (Å²) in [5.74, 6) is 1.09. The summed E-state index contributed by atoms with van der Waals surface area (Å²) in [5, 5.41) is 11.1. The van der Waals surface area contributed by atoms with E-state index in [4.69, 9.17) is 0 Å². The van der Waals surface area contributed by atoms with Crippen LogP contribution in [-0.4, -0.2) is 53.3 Å². The summed E-state index contributed by atoms with van der Waals surface area (Å²) < 4.78 is 12.9. The van der Waals surface area contributed by atoms with E-state index < -0.39 is 0 Å². The Kier molecular flexibility index (Phi) is 4.43. The van der Waals surface area contributed by atoms with Crippen LogP contribution in [0.25, 0.3) is 0 Å². The Labute approximate surface area is 129 Å². The van der Waals surface area contributed by atoms with Gasteiger partial charge in [0.1, 0.15) is 5.82 Å². The van der Waals surface area contributed by atoms with Crippen molar-refractivity contribution in [2.45, 2.75) is 6.54 Å². The predicted octanol–water partition coefficient (Wildman–Crippen LogP) is 1.37. The van der Waals surface area contributed by atoms with Crippen LogP contribution in [0.5, 0.6) is 0 Å². The second-order valence-electron chi connectivity index (χ2n) is 5.41. The number of nitrogens with one attached hydrogen (secondary N) is 1. The molecule has 0 spiro atoms. The van der Waals surface area contributed by atoms with Gasteiger partial charge in [0.2, 0.25) is 5.95 Å². The number of aromatic nitrogens is 3. The highest BCUT2D eigenvalue weighted by atomic mass is 19.1. The summed E-state index contributed by atoms with van der Waals surface area (Å²) in [6.07, 6.45) is 1.69. The van der Waals surface area contributed by atoms with Crippen LogP contribution in [0.2, 0.25) is 0 Å². The summed E-state index contributed by atoms with van der Waals surface area (Å²) in [6, 6.07) is 6.35. The van der Waals surface area contributed by atoms with Crippen LogP contribution in [0.3, 0.4) is 0 Å². The van der Waals surface area contributed by atoms with Crippen molar-refractivity contribution in [2.24, 2.45) is 0 Å². The van der Waals surface area contributed by atoms with E-state index in [-0.39, 0.29) is 5.82 Å². The molecule has 1 N–H and O–H groups in total. The first kappa shape index (κ1) is 14.6. The van der Waals surface area contributed by atoms with Crippen molar-refractivity contribution in [3.63, 3.8) is 0 Å². The number of rotatable bonds is 4. The summed E-state index contributed by atoms with van der Waals surface area (Å²) in [4.78, 5) is 9.00. The highest BCUT2D eigenvalue weighted by Gasteiger charge is 2.16. The topological polar surface area (TPSA) is 57.2 Å². The molecule has 1 aromatic heterocycles. The van der Waals surface area contributed by atoms with Crippen molar-refractivity contribution < 1.29 is 4.39 Å². The molecule has 1 aliphatic heterocycles. The van der Waals surface area contributed by atoms with Crippen molar-refractivity contribution in [3.8, 4) is 0 Å². The quantitative estimate of drug-likeness (QED) is 0.921. The number of hydrogen-bond donors (Lipinski definition) is 1. The third-order valence-electron chi connectivity index (χ3n) is 3.74. The fraction of sp³-hybridized carbons (Fsp3) is 0.400.